The van der Waals surface area contributed by atoms with Crippen molar-refractivity contribution in [3.8, 4) is 17.1 Å². The molecule has 2 heterocycles. The largest absolute Gasteiger partial charge is 0.336 e. The van der Waals surface area contributed by atoms with E-state index in [2.05, 4.69) is 10.1 Å². The Morgan fingerprint density at radius 1 is 0.963 bits per heavy atom. The number of piperidine rings is 1. The van der Waals surface area contributed by atoms with Crippen molar-refractivity contribution in [1.82, 2.24) is 19.7 Å². The quantitative estimate of drug-likeness (QED) is 0.754. The van der Waals surface area contributed by atoms with Gasteiger partial charge >= 0.3 is 0 Å². The smallest absolute Gasteiger partial charge is 0.293 e. The van der Waals surface area contributed by atoms with Crippen molar-refractivity contribution in [3.05, 3.63) is 66.5 Å². The second-order valence-corrected chi connectivity index (χ2v) is 6.50. The van der Waals surface area contributed by atoms with Gasteiger partial charge in [0.1, 0.15) is 0 Å². The predicted octanol–water partition coefficient (Wildman–Crippen LogP) is 2.92. The van der Waals surface area contributed by atoms with Gasteiger partial charge in [-0.1, -0.05) is 48.5 Å². The third-order valence-corrected chi connectivity index (χ3v) is 4.66. The summed E-state index contributed by atoms with van der Waals surface area (Å²) in [5.41, 5.74) is 7.74. The molecule has 0 unspecified atom stereocenters. The number of nitrogens with two attached hydrogens (primary N) is 1. The van der Waals surface area contributed by atoms with Crippen LogP contribution in [-0.4, -0.2) is 44.7 Å². The molecule has 0 aliphatic carbocycles. The summed E-state index contributed by atoms with van der Waals surface area (Å²) in [4.78, 5) is 19.3. The SMILES string of the molecule is Cl.NC1CCN(C(=O)c2nc(-c3ccccc3)n(-c3ccccc3)n2)CC1. The molecule has 6 nitrogen and oxygen atoms in total. The topological polar surface area (TPSA) is 77.0 Å². The number of nitrogens with zero attached hydrogens (tertiary/aromatic N) is 4. The first-order chi connectivity index (χ1) is 12.7. The highest BCUT2D eigenvalue weighted by atomic mass is 35.5. The van der Waals surface area contributed by atoms with Crippen molar-refractivity contribution in [2.75, 3.05) is 13.1 Å². The number of carbonyl (C=O) groups excluding carboxylic acids is 1. The summed E-state index contributed by atoms with van der Waals surface area (Å²) in [6.45, 7) is 1.31. The van der Waals surface area contributed by atoms with E-state index in [1.807, 2.05) is 60.7 Å². The molecule has 4 rings (SSSR count). The van der Waals surface area contributed by atoms with E-state index in [0.717, 1.165) is 24.1 Å². The van der Waals surface area contributed by atoms with Crippen LogP contribution >= 0.6 is 12.4 Å². The first kappa shape index (κ1) is 19.1. The standard InChI is InChI=1S/C20H21N5O.ClH/c21-16-11-13-24(14-12-16)20(26)18-22-19(15-7-3-1-4-8-15)25(23-18)17-9-5-2-6-10-17;/h1-10,16H,11-14,21H2;1H. The van der Waals surface area contributed by atoms with Gasteiger partial charge < -0.3 is 10.6 Å². The van der Waals surface area contributed by atoms with E-state index in [-0.39, 0.29) is 30.2 Å². The van der Waals surface area contributed by atoms with E-state index < -0.39 is 0 Å². The monoisotopic (exact) mass is 383 g/mol. The number of aromatic nitrogens is 3. The summed E-state index contributed by atoms with van der Waals surface area (Å²) in [7, 11) is 0. The molecule has 1 amide bonds. The van der Waals surface area contributed by atoms with Gasteiger partial charge in [-0.05, 0) is 25.0 Å². The molecule has 0 spiro atoms. The molecule has 2 N–H and O–H groups in total. The summed E-state index contributed by atoms with van der Waals surface area (Å²) >= 11 is 0. The maximum Gasteiger partial charge on any atom is 0.293 e. The first-order valence-electron chi connectivity index (χ1n) is 8.85. The molecule has 3 aromatic rings. The van der Waals surface area contributed by atoms with Crippen LogP contribution in [0.25, 0.3) is 17.1 Å². The van der Waals surface area contributed by atoms with E-state index >= 15 is 0 Å². The summed E-state index contributed by atoms with van der Waals surface area (Å²) in [5.74, 6) is 0.751. The normalized spacial score (nSPS) is 14.6. The van der Waals surface area contributed by atoms with Crippen molar-refractivity contribution in [2.24, 2.45) is 5.73 Å². The van der Waals surface area contributed by atoms with Gasteiger partial charge in [-0.15, -0.1) is 17.5 Å². The lowest BCUT2D eigenvalue weighted by Crippen LogP contribution is -2.43. The minimum absolute atomic E-state index is 0. The Kier molecular flexibility index (Phi) is 5.88. The molecular formula is C20H22ClN5O. The molecule has 0 bridgehead atoms. The summed E-state index contributed by atoms with van der Waals surface area (Å²) < 4.78 is 1.73. The lowest BCUT2D eigenvalue weighted by Gasteiger charge is -2.29. The van der Waals surface area contributed by atoms with Gasteiger partial charge in [0.25, 0.3) is 5.91 Å². The molecule has 140 valence electrons. The van der Waals surface area contributed by atoms with Crippen LogP contribution in [0.3, 0.4) is 0 Å². The summed E-state index contributed by atoms with van der Waals surface area (Å²) in [6, 6.07) is 19.7. The van der Waals surface area contributed by atoms with Gasteiger partial charge in [0.2, 0.25) is 5.82 Å². The molecule has 7 heteroatoms. The molecular weight excluding hydrogens is 362 g/mol. The number of hydrogen-bond acceptors (Lipinski definition) is 4. The van der Waals surface area contributed by atoms with Gasteiger partial charge in [-0.25, -0.2) is 9.67 Å². The zero-order valence-electron chi connectivity index (χ0n) is 14.9. The number of carbonyl (C=O) groups is 1. The Morgan fingerprint density at radius 3 is 2.19 bits per heavy atom. The Morgan fingerprint density at radius 2 is 1.56 bits per heavy atom. The third kappa shape index (κ3) is 4.02. The average molecular weight is 384 g/mol. The third-order valence-electron chi connectivity index (χ3n) is 4.66. The van der Waals surface area contributed by atoms with E-state index in [0.29, 0.717) is 18.9 Å². The fourth-order valence-electron chi connectivity index (χ4n) is 3.17. The van der Waals surface area contributed by atoms with Crippen molar-refractivity contribution in [3.63, 3.8) is 0 Å². The molecule has 27 heavy (non-hydrogen) atoms. The molecule has 1 fully saturated rings. The van der Waals surface area contributed by atoms with E-state index in [9.17, 15) is 4.79 Å². The number of amides is 1. The minimum atomic E-state index is -0.135. The van der Waals surface area contributed by atoms with Crippen molar-refractivity contribution >= 4 is 18.3 Å². The Hall–Kier alpha value is -2.70. The average Bonchev–Trinajstić information content (AvgIpc) is 3.15. The minimum Gasteiger partial charge on any atom is -0.336 e. The number of benzene rings is 2. The predicted molar refractivity (Wildman–Crippen MR) is 107 cm³/mol. The van der Waals surface area contributed by atoms with Crippen LogP contribution in [0.15, 0.2) is 60.7 Å². The molecule has 1 aromatic heterocycles. The van der Waals surface area contributed by atoms with Crippen LogP contribution in [0.1, 0.15) is 23.5 Å². The molecule has 1 aliphatic rings. The maximum absolute atomic E-state index is 12.9. The van der Waals surface area contributed by atoms with Crippen LogP contribution < -0.4 is 5.73 Å². The Balaban J connectivity index is 0.00000210. The van der Waals surface area contributed by atoms with Gasteiger partial charge in [-0.2, -0.15) is 0 Å². The van der Waals surface area contributed by atoms with Crippen LogP contribution in [0.4, 0.5) is 0 Å². The fourth-order valence-corrected chi connectivity index (χ4v) is 3.17. The van der Waals surface area contributed by atoms with Gasteiger partial charge in [0.05, 0.1) is 5.69 Å². The first-order valence-corrected chi connectivity index (χ1v) is 8.85. The Labute approximate surface area is 164 Å². The van der Waals surface area contributed by atoms with Crippen molar-refractivity contribution < 1.29 is 4.79 Å². The lowest BCUT2D eigenvalue weighted by atomic mass is 10.1. The van der Waals surface area contributed by atoms with E-state index in [1.54, 1.807) is 9.58 Å². The number of likely N-dealkylation sites (tertiary alicyclic amines) is 1. The molecule has 2 aromatic carbocycles. The van der Waals surface area contributed by atoms with Gasteiger partial charge in [0, 0.05) is 24.7 Å². The van der Waals surface area contributed by atoms with Crippen LogP contribution in [0.5, 0.6) is 0 Å². The fraction of sp³-hybridized carbons (Fsp3) is 0.250. The van der Waals surface area contributed by atoms with Gasteiger partial charge in [-0.3, -0.25) is 4.79 Å². The van der Waals surface area contributed by atoms with Crippen molar-refractivity contribution in [1.29, 1.82) is 0 Å². The zero-order valence-corrected chi connectivity index (χ0v) is 15.7. The van der Waals surface area contributed by atoms with Gasteiger partial charge in [0.15, 0.2) is 5.82 Å². The molecule has 1 aliphatic heterocycles. The molecule has 0 saturated carbocycles. The summed E-state index contributed by atoms with van der Waals surface area (Å²) in [6.07, 6.45) is 1.63. The number of hydrogen-bond donors (Lipinski definition) is 1. The molecule has 0 radical (unpaired) electrons. The summed E-state index contributed by atoms with van der Waals surface area (Å²) in [5, 5.41) is 4.53. The maximum atomic E-state index is 12.9. The highest BCUT2D eigenvalue weighted by Gasteiger charge is 2.26. The number of para-hydroxylation sites is 1. The highest BCUT2D eigenvalue weighted by molar-refractivity contribution is 5.91. The second kappa shape index (κ2) is 8.33. The zero-order chi connectivity index (χ0) is 17.9. The van der Waals surface area contributed by atoms with E-state index in [4.69, 9.17) is 5.73 Å². The number of halogens is 1. The van der Waals surface area contributed by atoms with Crippen LogP contribution in [0.2, 0.25) is 0 Å². The van der Waals surface area contributed by atoms with E-state index in [1.165, 1.54) is 0 Å². The van der Waals surface area contributed by atoms with Crippen molar-refractivity contribution in [2.45, 2.75) is 18.9 Å². The second-order valence-electron chi connectivity index (χ2n) is 6.50. The number of rotatable bonds is 3. The van der Waals surface area contributed by atoms with Crippen LogP contribution in [-0.2, 0) is 0 Å². The highest BCUT2D eigenvalue weighted by Crippen LogP contribution is 2.22. The lowest BCUT2D eigenvalue weighted by molar-refractivity contribution is 0.0702. The van der Waals surface area contributed by atoms with Crippen LogP contribution in [0, 0.1) is 0 Å². The molecule has 0 atom stereocenters. The molecule has 1 saturated heterocycles. The Bertz CT molecular complexity index is 832.